The highest BCUT2D eigenvalue weighted by Gasteiger charge is 2.28. The van der Waals surface area contributed by atoms with Crippen LogP contribution in [0.1, 0.15) is 0 Å². The molecule has 0 fully saturated rings. The fraction of sp³-hybridized carbons (Fsp3) is 0. The highest BCUT2D eigenvalue weighted by Crippen LogP contribution is 2.50. The van der Waals surface area contributed by atoms with Crippen molar-refractivity contribution in [3.8, 4) is 67.7 Å². The molecule has 20 aromatic carbocycles. The lowest BCUT2D eigenvalue weighted by atomic mass is 9.89. The van der Waals surface area contributed by atoms with Crippen LogP contribution in [-0.2, 0) is 0 Å². The topological polar surface area (TPSA) is 61.4 Å². The SMILES string of the molecule is c1ccc(-c2ccc(-c3nc4c(-c5ccc6c(c5)c5ccccc5c5ccc7c(c8ccc9ccccc9c8n7-c7nc(-c8ccc(-c9ccccc9)cc8)c8ccc9ccccc9c8n7)c56)cc5ccccc5c4nc3-n3c4ccc5c6ccccc6c6ccccc6c5c4c4ccc5ccccc5c43)cc2)cc1. The number of rotatable bonds is 7. The molecular weight excluding hydrogens is 1330 g/mol. The Morgan fingerprint density at radius 2 is 0.555 bits per heavy atom. The third-order valence-corrected chi connectivity index (χ3v) is 23.6. The van der Waals surface area contributed by atoms with Gasteiger partial charge in [-0.3, -0.25) is 9.13 Å². The van der Waals surface area contributed by atoms with Crippen molar-refractivity contribution in [1.29, 1.82) is 0 Å². The molecule has 6 heteroatoms. The smallest absolute Gasteiger partial charge is 0.235 e. The molecule has 0 N–H and O–H groups in total. The summed E-state index contributed by atoms with van der Waals surface area (Å²) in [5.41, 5.74) is 17.1. The minimum atomic E-state index is 0.611. The third-order valence-electron chi connectivity index (χ3n) is 23.6. The second-order valence-electron chi connectivity index (χ2n) is 29.4. The Morgan fingerprint density at radius 1 is 0.182 bits per heavy atom. The Kier molecular flexibility index (Phi) is 12.9. The number of nitrogens with zero attached hydrogens (tertiary/aromatic N) is 6. The van der Waals surface area contributed by atoms with E-state index in [-0.39, 0.29) is 0 Å². The zero-order valence-electron chi connectivity index (χ0n) is 59.3. The molecule has 0 bridgehead atoms. The molecule has 0 radical (unpaired) electrons. The standard InChI is InChI=1S/C104H60N6/c1-3-21-61(22-4-1)63-39-43-68(44-40-63)96-87-54-49-65-25-7-11-29-72(65)98(87)108-104(107-96)110-91-58-56-83-79-36-17-18-37-80(79)89-60-71(50-51-84(89)93(83)95(91)86-53-48-67-27-9-14-32-75(67)102(86)110)88-59-70-28-10-12-30-73(70)99-100(88)105-97(69-45-41-64(42-46-69)62-23-5-2-6-24-62)103(106-99)109-90-57-55-82-78-35-16-15-33-76(78)77-34-19-20-38-81(77)92(82)94(90)85-52-47-66-26-8-13-31-74(66)101(85)109/h1-60H. The molecule has 0 aliphatic rings. The maximum Gasteiger partial charge on any atom is 0.235 e. The van der Waals surface area contributed by atoms with Crippen LogP contribution < -0.4 is 0 Å². The molecule has 110 heavy (non-hydrogen) atoms. The van der Waals surface area contributed by atoms with Gasteiger partial charge in [-0.15, -0.1) is 0 Å². The summed E-state index contributed by atoms with van der Waals surface area (Å²) in [4.78, 5) is 23.9. The van der Waals surface area contributed by atoms with Gasteiger partial charge in [-0.25, -0.2) is 19.9 Å². The van der Waals surface area contributed by atoms with Crippen molar-refractivity contribution in [2.75, 3.05) is 0 Å². The molecule has 0 spiro atoms. The summed E-state index contributed by atoms with van der Waals surface area (Å²) in [7, 11) is 0. The van der Waals surface area contributed by atoms with Crippen molar-refractivity contribution >= 4 is 173 Å². The number of fused-ring (bicyclic) bond motifs is 30. The van der Waals surface area contributed by atoms with Crippen LogP contribution >= 0.6 is 0 Å². The zero-order valence-corrected chi connectivity index (χ0v) is 59.3. The van der Waals surface area contributed by atoms with Crippen LogP contribution in [-0.4, -0.2) is 29.1 Å². The Bertz CT molecular complexity index is 8090. The van der Waals surface area contributed by atoms with Crippen LogP contribution in [0.15, 0.2) is 364 Å². The van der Waals surface area contributed by atoms with Crippen LogP contribution in [0.2, 0.25) is 0 Å². The maximum absolute atomic E-state index is 6.21. The molecule has 24 rings (SSSR count). The molecule has 0 saturated heterocycles. The molecule has 4 aromatic heterocycles. The summed E-state index contributed by atoms with van der Waals surface area (Å²) in [5, 5.41) is 28.8. The van der Waals surface area contributed by atoms with Gasteiger partial charge in [-0.2, -0.15) is 0 Å². The van der Waals surface area contributed by atoms with Crippen LogP contribution in [0.25, 0.3) is 241 Å². The van der Waals surface area contributed by atoms with Gasteiger partial charge in [-0.1, -0.05) is 334 Å². The molecule has 0 amide bonds. The molecule has 0 aliphatic carbocycles. The number of hydrogen-bond acceptors (Lipinski definition) is 4. The highest BCUT2D eigenvalue weighted by molar-refractivity contribution is 6.39. The molecule has 0 atom stereocenters. The van der Waals surface area contributed by atoms with Gasteiger partial charge < -0.3 is 0 Å². The van der Waals surface area contributed by atoms with Crippen molar-refractivity contribution in [3.05, 3.63) is 364 Å². The number of hydrogen-bond donors (Lipinski definition) is 0. The first-order valence-electron chi connectivity index (χ1n) is 37.8. The van der Waals surface area contributed by atoms with Crippen molar-refractivity contribution in [3.63, 3.8) is 0 Å². The molecule has 0 aliphatic heterocycles. The van der Waals surface area contributed by atoms with Gasteiger partial charge in [0.2, 0.25) is 5.95 Å². The van der Waals surface area contributed by atoms with E-state index in [9.17, 15) is 0 Å². The minimum Gasteiger partial charge on any atom is -0.291 e. The molecular formula is C104H60N6. The van der Waals surface area contributed by atoms with Crippen molar-refractivity contribution in [2.45, 2.75) is 0 Å². The summed E-state index contributed by atoms with van der Waals surface area (Å²) in [6.45, 7) is 0. The van der Waals surface area contributed by atoms with Gasteiger partial charge in [0.25, 0.3) is 0 Å². The molecule has 4 heterocycles. The lowest BCUT2D eigenvalue weighted by molar-refractivity contribution is 1.02. The van der Waals surface area contributed by atoms with Crippen LogP contribution in [0.5, 0.6) is 0 Å². The Balaban J connectivity index is 0.781. The monoisotopic (exact) mass is 1390 g/mol. The van der Waals surface area contributed by atoms with E-state index < -0.39 is 0 Å². The van der Waals surface area contributed by atoms with Gasteiger partial charge in [0.05, 0.1) is 44.3 Å². The summed E-state index contributed by atoms with van der Waals surface area (Å²) < 4.78 is 4.82. The lowest BCUT2D eigenvalue weighted by Crippen LogP contribution is -2.05. The first-order chi connectivity index (χ1) is 54.6. The fourth-order valence-corrected chi connectivity index (χ4v) is 18.7. The lowest BCUT2D eigenvalue weighted by Gasteiger charge is -2.18. The summed E-state index contributed by atoms with van der Waals surface area (Å²) in [5.74, 6) is 1.37. The van der Waals surface area contributed by atoms with Crippen LogP contribution in [0.4, 0.5) is 0 Å². The average molecular weight is 1390 g/mol. The quantitative estimate of drug-likeness (QED) is 0.149. The van der Waals surface area contributed by atoms with E-state index in [0.29, 0.717) is 5.95 Å². The van der Waals surface area contributed by atoms with Gasteiger partial charge in [0.1, 0.15) is 5.69 Å². The van der Waals surface area contributed by atoms with E-state index in [1.54, 1.807) is 0 Å². The average Bonchev–Trinajstić information content (AvgIpc) is 1.52. The van der Waals surface area contributed by atoms with Crippen molar-refractivity contribution in [1.82, 2.24) is 29.1 Å². The first-order valence-corrected chi connectivity index (χ1v) is 37.8. The molecule has 0 saturated carbocycles. The normalized spacial score (nSPS) is 12.2. The van der Waals surface area contributed by atoms with E-state index in [2.05, 4.69) is 373 Å². The second-order valence-corrected chi connectivity index (χ2v) is 29.4. The molecule has 24 aromatic rings. The van der Waals surface area contributed by atoms with Crippen molar-refractivity contribution < 1.29 is 0 Å². The van der Waals surface area contributed by atoms with Gasteiger partial charge in [-0.05, 0) is 134 Å². The van der Waals surface area contributed by atoms with Crippen molar-refractivity contribution in [2.24, 2.45) is 0 Å². The summed E-state index contributed by atoms with van der Waals surface area (Å²) >= 11 is 0. The van der Waals surface area contributed by atoms with E-state index >= 15 is 0 Å². The summed E-state index contributed by atoms with van der Waals surface area (Å²) in [6.07, 6.45) is 0. The Labute approximate surface area is 629 Å². The first kappa shape index (κ1) is 60.5. The number of benzene rings is 20. The highest BCUT2D eigenvalue weighted by atomic mass is 15.2. The molecule has 0 unspecified atom stereocenters. The van der Waals surface area contributed by atoms with Gasteiger partial charge >= 0.3 is 0 Å². The Morgan fingerprint density at radius 3 is 1.12 bits per heavy atom. The van der Waals surface area contributed by atoms with E-state index in [1.165, 1.54) is 64.8 Å². The summed E-state index contributed by atoms with van der Waals surface area (Å²) in [6, 6.07) is 133. The zero-order chi connectivity index (χ0) is 71.8. The molecule has 506 valence electrons. The Hall–Kier alpha value is -14.7. The minimum absolute atomic E-state index is 0.611. The third kappa shape index (κ3) is 8.81. The van der Waals surface area contributed by atoms with E-state index in [1.807, 2.05) is 0 Å². The maximum atomic E-state index is 6.21. The largest absolute Gasteiger partial charge is 0.291 e. The predicted octanol–water partition coefficient (Wildman–Crippen LogP) is 27.6. The predicted molar refractivity (Wildman–Crippen MR) is 464 cm³/mol. The number of aromatic nitrogens is 6. The fourth-order valence-electron chi connectivity index (χ4n) is 18.7. The van der Waals surface area contributed by atoms with Crippen LogP contribution in [0.3, 0.4) is 0 Å². The van der Waals surface area contributed by atoms with Gasteiger partial charge in [0, 0.05) is 75.9 Å². The van der Waals surface area contributed by atoms with E-state index in [0.717, 1.165) is 170 Å². The van der Waals surface area contributed by atoms with Crippen LogP contribution in [0, 0.1) is 0 Å². The van der Waals surface area contributed by atoms with Gasteiger partial charge in [0.15, 0.2) is 5.82 Å². The second kappa shape index (κ2) is 23.4. The molecule has 6 nitrogen and oxygen atoms in total. The van der Waals surface area contributed by atoms with E-state index in [4.69, 9.17) is 19.9 Å².